The van der Waals surface area contributed by atoms with E-state index in [1.807, 2.05) is 30.3 Å². The van der Waals surface area contributed by atoms with E-state index in [-0.39, 0.29) is 0 Å². The normalized spacial score (nSPS) is 11.5. The molecule has 1 N–H and O–H groups in total. The number of aromatic carboxylic acids is 1. The van der Waals surface area contributed by atoms with Gasteiger partial charge in [0.25, 0.3) is 0 Å². The van der Waals surface area contributed by atoms with Crippen molar-refractivity contribution in [2.75, 3.05) is 0 Å². The van der Waals surface area contributed by atoms with Gasteiger partial charge >= 0.3 is 5.97 Å². The van der Waals surface area contributed by atoms with Gasteiger partial charge in [-0.2, -0.15) is 0 Å². The number of imidazole rings is 2. The maximum absolute atomic E-state index is 11.7. The molecule has 0 aliphatic carbocycles. The number of aryl methyl sites for hydroxylation is 2. The molecule has 0 fully saturated rings. The number of carboxylic acid groups (broad SMARTS) is 1. The SMILES string of the molecule is CCc1nc2c(C)cc(-c3cn4cc(-c5ccccc5)sc4n3)cc2n1Cc1ccc(-c2ccccc2C(=O)O)cc1. The zero-order valence-electron chi connectivity index (χ0n) is 23.3. The van der Waals surface area contributed by atoms with Crippen LogP contribution < -0.4 is 0 Å². The Bertz CT molecular complexity index is 2050. The second-order valence-corrected chi connectivity index (χ2v) is 11.5. The van der Waals surface area contributed by atoms with Crippen molar-refractivity contribution in [2.45, 2.75) is 26.8 Å². The van der Waals surface area contributed by atoms with Crippen molar-refractivity contribution in [3.63, 3.8) is 0 Å². The van der Waals surface area contributed by atoms with Gasteiger partial charge in [0.2, 0.25) is 0 Å². The van der Waals surface area contributed by atoms with Crippen LogP contribution >= 0.6 is 11.3 Å². The molecule has 0 saturated carbocycles. The molecule has 0 aliphatic rings. The second kappa shape index (κ2) is 10.4. The Morgan fingerprint density at radius 1 is 0.857 bits per heavy atom. The number of carbonyl (C=O) groups is 1. The van der Waals surface area contributed by atoms with Crippen LogP contribution in [0, 0.1) is 6.92 Å². The first kappa shape index (κ1) is 25.9. The number of fused-ring (bicyclic) bond motifs is 2. The first-order valence-corrected chi connectivity index (χ1v) is 14.8. The van der Waals surface area contributed by atoms with Crippen LogP contribution in [0.4, 0.5) is 0 Å². The van der Waals surface area contributed by atoms with E-state index in [9.17, 15) is 9.90 Å². The maximum atomic E-state index is 11.7. The number of benzene rings is 4. The second-order valence-electron chi connectivity index (χ2n) is 10.5. The molecule has 0 unspecified atom stereocenters. The average molecular weight is 569 g/mol. The van der Waals surface area contributed by atoms with Gasteiger partial charge in [-0.05, 0) is 52.9 Å². The Morgan fingerprint density at radius 2 is 1.62 bits per heavy atom. The Kier molecular flexibility index (Phi) is 6.44. The molecule has 0 saturated heterocycles. The largest absolute Gasteiger partial charge is 0.478 e. The molecule has 7 aromatic rings. The lowest BCUT2D eigenvalue weighted by Gasteiger charge is -2.11. The molecule has 42 heavy (non-hydrogen) atoms. The molecule has 206 valence electrons. The van der Waals surface area contributed by atoms with Crippen molar-refractivity contribution < 1.29 is 9.90 Å². The van der Waals surface area contributed by atoms with Gasteiger partial charge in [0.1, 0.15) is 5.82 Å². The van der Waals surface area contributed by atoms with Gasteiger partial charge in [-0.25, -0.2) is 14.8 Å². The predicted octanol–water partition coefficient (Wildman–Crippen LogP) is 8.36. The van der Waals surface area contributed by atoms with Gasteiger partial charge in [0.05, 0.1) is 27.2 Å². The van der Waals surface area contributed by atoms with Gasteiger partial charge in [0.15, 0.2) is 4.96 Å². The molecule has 7 heteroatoms. The van der Waals surface area contributed by atoms with E-state index in [0.29, 0.717) is 12.1 Å². The van der Waals surface area contributed by atoms with Crippen LogP contribution in [-0.2, 0) is 13.0 Å². The maximum Gasteiger partial charge on any atom is 0.336 e. The van der Waals surface area contributed by atoms with Gasteiger partial charge in [-0.3, -0.25) is 4.40 Å². The van der Waals surface area contributed by atoms with E-state index in [2.05, 4.69) is 83.7 Å². The molecular weight excluding hydrogens is 540 g/mol. The zero-order valence-corrected chi connectivity index (χ0v) is 24.1. The molecular formula is C35H28N4O2S. The Morgan fingerprint density at radius 3 is 2.36 bits per heavy atom. The van der Waals surface area contributed by atoms with Crippen LogP contribution in [0.1, 0.15) is 34.2 Å². The molecule has 6 nitrogen and oxygen atoms in total. The molecule has 0 spiro atoms. The molecule has 7 rings (SSSR count). The predicted molar refractivity (Wildman–Crippen MR) is 169 cm³/mol. The monoisotopic (exact) mass is 568 g/mol. The van der Waals surface area contributed by atoms with E-state index < -0.39 is 5.97 Å². The molecule has 0 bridgehead atoms. The van der Waals surface area contributed by atoms with Crippen molar-refractivity contribution >= 4 is 33.3 Å². The topological polar surface area (TPSA) is 72.4 Å². The van der Waals surface area contributed by atoms with E-state index in [4.69, 9.17) is 9.97 Å². The molecule has 3 aromatic heterocycles. The fourth-order valence-electron chi connectivity index (χ4n) is 5.60. The van der Waals surface area contributed by atoms with Gasteiger partial charge in [0, 0.05) is 30.9 Å². The molecule has 4 aromatic carbocycles. The number of thiazole rings is 1. The van der Waals surface area contributed by atoms with Gasteiger partial charge in [-0.1, -0.05) is 91.1 Å². The number of hydrogen-bond acceptors (Lipinski definition) is 4. The highest BCUT2D eigenvalue weighted by atomic mass is 32.1. The first-order valence-electron chi connectivity index (χ1n) is 13.9. The van der Waals surface area contributed by atoms with Gasteiger partial charge in [-0.15, -0.1) is 0 Å². The fourth-order valence-corrected chi connectivity index (χ4v) is 6.57. The molecule has 0 aliphatic heterocycles. The molecule has 3 heterocycles. The van der Waals surface area contributed by atoms with Crippen molar-refractivity contribution in [3.8, 4) is 32.8 Å². The summed E-state index contributed by atoms with van der Waals surface area (Å²) < 4.78 is 4.40. The van der Waals surface area contributed by atoms with E-state index in [1.54, 1.807) is 23.5 Å². The summed E-state index contributed by atoms with van der Waals surface area (Å²) in [4.78, 5) is 23.9. The number of aromatic nitrogens is 4. The van der Waals surface area contributed by atoms with Crippen LogP contribution in [0.25, 0.3) is 48.8 Å². The summed E-state index contributed by atoms with van der Waals surface area (Å²) in [5, 5.41) is 9.61. The number of carboxylic acids is 1. The third-order valence-electron chi connectivity index (χ3n) is 7.71. The highest BCUT2D eigenvalue weighted by Crippen LogP contribution is 2.33. The smallest absolute Gasteiger partial charge is 0.336 e. The molecule has 0 radical (unpaired) electrons. The lowest BCUT2D eigenvalue weighted by atomic mass is 9.98. The highest BCUT2D eigenvalue weighted by Gasteiger charge is 2.17. The Hall–Kier alpha value is -5.01. The average Bonchev–Trinajstić information content (AvgIpc) is 3.70. The van der Waals surface area contributed by atoms with Crippen LogP contribution in [-0.4, -0.2) is 30.0 Å². The number of nitrogens with zero attached hydrogens (tertiary/aromatic N) is 4. The van der Waals surface area contributed by atoms with E-state index in [1.165, 1.54) is 10.4 Å². The summed E-state index contributed by atoms with van der Waals surface area (Å²) >= 11 is 1.69. The first-order chi connectivity index (χ1) is 20.5. The third kappa shape index (κ3) is 4.58. The van der Waals surface area contributed by atoms with Crippen LogP contribution in [0.3, 0.4) is 0 Å². The minimum absolute atomic E-state index is 0.303. The van der Waals surface area contributed by atoms with Gasteiger partial charge < -0.3 is 9.67 Å². The summed E-state index contributed by atoms with van der Waals surface area (Å²) in [5.41, 5.74) is 9.46. The van der Waals surface area contributed by atoms with Crippen LogP contribution in [0.2, 0.25) is 0 Å². The van der Waals surface area contributed by atoms with E-state index >= 15 is 0 Å². The zero-order chi connectivity index (χ0) is 28.8. The third-order valence-corrected chi connectivity index (χ3v) is 8.76. The quantitative estimate of drug-likeness (QED) is 0.210. The fraction of sp³-hybridized carbons (Fsp3) is 0.114. The standard InChI is InChI=1S/C35H28N4O2S/c1-3-32-37-33-22(2)17-26(29-20-38-21-31(42-35(38)36-29)25-9-5-4-6-10-25)18-30(33)39(32)19-23-13-15-24(16-14-23)27-11-7-8-12-28(27)34(40)41/h4-18,20-21H,3,19H2,1-2H3,(H,40,41). The summed E-state index contributed by atoms with van der Waals surface area (Å²) in [6.07, 6.45) is 5.07. The summed E-state index contributed by atoms with van der Waals surface area (Å²) in [5.74, 6) is 0.108. The van der Waals surface area contributed by atoms with E-state index in [0.717, 1.165) is 61.8 Å². The van der Waals surface area contributed by atoms with Crippen molar-refractivity contribution in [3.05, 3.63) is 126 Å². The summed E-state index contributed by atoms with van der Waals surface area (Å²) in [6, 6.07) is 30.0. The molecule has 0 atom stereocenters. The lowest BCUT2D eigenvalue weighted by Crippen LogP contribution is -2.04. The summed E-state index contributed by atoms with van der Waals surface area (Å²) in [7, 11) is 0. The van der Waals surface area contributed by atoms with Crippen LogP contribution in [0.15, 0.2) is 103 Å². The van der Waals surface area contributed by atoms with Crippen molar-refractivity contribution in [2.24, 2.45) is 0 Å². The van der Waals surface area contributed by atoms with Crippen molar-refractivity contribution in [1.29, 1.82) is 0 Å². The van der Waals surface area contributed by atoms with Crippen LogP contribution in [0.5, 0.6) is 0 Å². The Labute approximate surface area is 247 Å². The minimum Gasteiger partial charge on any atom is -0.478 e. The lowest BCUT2D eigenvalue weighted by molar-refractivity contribution is 0.0697. The summed E-state index contributed by atoms with van der Waals surface area (Å²) in [6.45, 7) is 4.92. The number of rotatable bonds is 7. The number of hydrogen-bond donors (Lipinski definition) is 1. The van der Waals surface area contributed by atoms with Crippen molar-refractivity contribution in [1.82, 2.24) is 18.9 Å². The minimum atomic E-state index is -0.924. The Balaban J connectivity index is 1.23. The highest BCUT2D eigenvalue weighted by molar-refractivity contribution is 7.20. The molecule has 0 amide bonds.